The standard InChI is InChI=1S/C30H33Cl3N6O3S/c1-6-38-9-11-39(12-10-38)18-7-8-20(21(13-18)42-16(2)3)36-29-28-25(34-15-35-29)19(14-43-28)30(40)37-26-22(31)17(4)23(32)27(41-5)24(26)33/h7-8,13-16H,6,9-12H2,1-5H3,(H,37,40)(H,34,35,36). The number of piperazine rings is 1. The van der Waals surface area contributed by atoms with Gasteiger partial charge in [-0.25, -0.2) is 9.97 Å². The number of methoxy groups -OCH3 is 1. The van der Waals surface area contributed by atoms with Crippen molar-refractivity contribution in [3.8, 4) is 11.5 Å². The number of fused-ring (bicyclic) bond motifs is 1. The third-order valence-electron chi connectivity index (χ3n) is 7.30. The van der Waals surface area contributed by atoms with E-state index in [1.165, 1.54) is 24.8 Å². The number of ether oxygens (including phenoxy) is 2. The van der Waals surface area contributed by atoms with E-state index in [1.807, 2.05) is 19.9 Å². The molecular weight excluding hydrogens is 631 g/mol. The molecule has 228 valence electrons. The fourth-order valence-electron chi connectivity index (χ4n) is 4.94. The van der Waals surface area contributed by atoms with Crippen LogP contribution >= 0.6 is 46.1 Å². The van der Waals surface area contributed by atoms with Gasteiger partial charge in [0.2, 0.25) is 0 Å². The zero-order valence-corrected chi connectivity index (χ0v) is 27.6. The monoisotopic (exact) mass is 662 g/mol. The first-order chi connectivity index (χ1) is 20.6. The largest absolute Gasteiger partial charge is 0.494 e. The first-order valence-electron chi connectivity index (χ1n) is 13.9. The van der Waals surface area contributed by atoms with E-state index in [2.05, 4.69) is 49.5 Å². The normalized spacial score (nSPS) is 13.9. The van der Waals surface area contributed by atoms with E-state index in [4.69, 9.17) is 44.3 Å². The van der Waals surface area contributed by atoms with E-state index in [0.29, 0.717) is 27.2 Å². The summed E-state index contributed by atoms with van der Waals surface area (Å²) in [5, 5.41) is 8.59. The van der Waals surface area contributed by atoms with Crippen LogP contribution in [-0.4, -0.2) is 66.7 Å². The quantitative estimate of drug-likeness (QED) is 0.187. The van der Waals surface area contributed by atoms with Gasteiger partial charge in [0.15, 0.2) is 11.6 Å². The average Bonchev–Trinajstić information content (AvgIpc) is 3.44. The Balaban J connectivity index is 1.43. The number of likely N-dealkylation sites (N-methyl/N-ethyl adjacent to an activating group) is 1. The molecule has 0 saturated carbocycles. The van der Waals surface area contributed by atoms with Crippen molar-refractivity contribution in [3.05, 3.63) is 56.1 Å². The predicted octanol–water partition coefficient (Wildman–Crippen LogP) is 7.89. The molecule has 1 aliphatic rings. The maximum Gasteiger partial charge on any atom is 0.258 e. The van der Waals surface area contributed by atoms with Crippen molar-refractivity contribution in [2.75, 3.05) is 55.4 Å². The van der Waals surface area contributed by atoms with Crippen LogP contribution in [0.15, 0.2) is 29.9 Å². The van der Waals surface area contributed by atoms with Crippen molar-refractivity contribution >= 4 is 85.1 Å². The zero-order chi connectivity index (χ0) is 30.8. The van der Waals surface area contributed by atoms with Gasteiger partial charge in [-0.15, -0.1) is 11.3 Å². The first-order valence-corrected chi connectivity index (χ1v) is 15.9. The van der Waals surface area contributed by atoms with Crippen molar-refractivity contribution in [3.63, 3.8) is 0 Å². The number of anilines is 4. The number of hydrogen-bond acceptors (Lipinski definition) is 9. The third-order valence-corrected chi connectivity index (χ3v) is 9.57. The van der Waals surface area contributed by atoms with Gasteiger partial charge in [-0.2, -0.15) is 0 Å². The van der Waals surface area contributed by atoms with Crippen LogP contribution in [0.4, 0.5) is 22.9 Å². The summed E-state index contributed by atoms with van der Waals surface area (Å²) in [5.74, 6) is 1.09. The maximum atomic E-state index is 13.5. The minimum atomic E-state index is -0.431. The van der Waals surface area contributed by atoms with Crippen LogP contribution in [-0.2, 0) is 0 Å². The van der Waals surface area contributed by atoms with Crippen LogP contribution in [0.5, 0.6) is 11.5 Å². The second-order valence-electron chi connectivity index (χ2n) is 10.4. The molecule has 0 aliphatic carbocycles. The number of nitrogens with one attached hydrogen (secondary N) is 2. The Morgan fingerprint density at radius 1 is 1.09 bits per heavy atom. The Labute approximate surface area is 270 Å². The van der Waals surface area contributed by atoms with Gasteiger partial charge >= 0.3 is 0 Å². The van der Waals surface area contributed by atoms with Crippen LogP contribution < -0.4 is 25.0 Å². The van der Waals surface area contributed by atoms with E-state index >= 15 is 0 Å². The number of amides is 1. The summed E-state index contributed by atoms with van der Waals surface area (Å²) >= 11 is 20.7. The molecule has 2 N–H and O–H groups in total. The summed E-state index contributed by atoms with van der Waals surface area (Å²) < 4.78 is 12.3. The topological polar surface area (TPSA) is 91.9 Å². The SMILES string of the molecule is CCN1CCN(c2ccc(Nc3ncnc4c(C(=O)Nc5c(Cl)c(C)c(Cl)c(OC)c5Cl)csc34)c(OC(C)C)c2)CC1. The molecule has 0 radical (unpaired) electrons. The maximum absolute atomic E-state index is 13.5. The summed E-state index contributed by atoms with van der Waals surface area (Å²) in [4.78, 5) is 27.2. The van der Waals surface area contributed by atoms with Crippen LogP contribution in [0.1, 0.15) is 36.7 Å². The highest BCUT2D eigenvalue weighted by molar-refractivity contribution is 7.18. The van der Waals surface area contributed by atoms with Crippen LogP contribution in [0.2, 0.25) is 15.1 Å². The Bertz CT molecular complexity index is 1660. The summed E-state index contributed by atoms with van der Waals surface area (Å²) in [6.45, 7) is 13.0. The number of rotatable bonds is 9. The van der Waals surface area contributed by atoms with Crippen LogP contribution in [0.25, 0.3) is 10.2 Å². The molecule has 1 fully saturated rings. The van der Waals surface area contributed by atoms with Gasteiger partial charge in [0.05, 0.1) is 50.4 Å². The molecule has 2 aromatic heterocycles. The fourth-order valence-corrected chi connectivity index (χ4v) is 6.85. The molecule has 1 amide bonds. The molecule has 0 spiro atoms. The first kappa shape index (κ1) is 31.4. The lowest BCUT2D eigenvalue weighted by Crippen LogP contribution is -2.46. The van der Waals surface area contributed by atoms with E-state index in [9.17, 15) is 4.79 Å². The van der Waals surface area contributed by atoms with Crippen molar-refractivity contribution in [2.45, 2.75) is 33.8 Å². The van der Waals surface area contributed by atoms with Gasteiger partial charge in [-0.1, -0.05) is 41.7 Å². The molecule has 13 heteroatoms. The molecule has 0 bridgehead atoms. The van der Waals surface area contributed by atoms with E-state index < -0.39 is 5.91 Å². The summed E-state index contributed by atoms with van der Waals surface area (Å²) in [6.07, 6.45) is 1.40. The zero-order valence-electron chi connectivity index (χ0n) is 24.6. The van der Waals surface area contributed by atoms with Crippen LogP contribution in [0.3, 0.4) is 0 Å². The predicted molar refractivity (Wildman–Crippen MR) is 178 cm³/mol. The van der Waals surface area contributed by atoms with Gasteiger partial charge in [-0.05, 0) is 45.0 Å². The second kappa shape index (κ2) is 13.3. The van der Waals surface area contributed by atoms with Gasteiger partial charge < -0.3 is 29.9 Å². The van der Waals surface area contributed by atoms with Crippen LogP contribution in [0, 0.1) is 6.92 Å². The highest BCUT2D eigenvalue weighted by atomic mass is 35.5. The van der Waals surface area contributed by atoms with Gasteiger partial charge in [0.25, 0.3) is 5.91 Å². The number of thiophene rings is 1. The number of halogens is 3. The number of carbonyl (C=O) groups is 1. The summed E-state index contributed by atoms with van der Waals surface area (Å²) in [5.41, 5.74) is 3.48. The molecule has 4 aromatic rings. The molecule has 2 aromatic carbocycles. The van der Waals surface area contributed by atoms with E-state index in [-0.39, 0.29) is 32.6 Å². The van der Waals surface area contributed by atoms with Gasteiger partial charge in [0, 0.05) is 43.3 Å². The molecule has 0 unspecified atom stereocenters. The van der Waals surface area contributed by atoms with Crippen molar-refractivity contribution in [2.24, 2.45) is 0 Å². The summed E-state index contributed by atoms with van der Waals surface area (Å²) in [6, 6.07) is 6.18. The molecular formula is C30H33Cl3N6O3S. The Hall–Kier alpha value is -3.02. The smallest absolute Gasteiger partial charge is 0.258 e. The minimum Gasteiger partial charge on any atom is -0.494 e. The molecule has 3 heterocycles. The number of carbonyl (C=O) groups excluding carboxylic acids is 1. The number of nitrogens with zero attached hydrogens (tertiary/aromatic N) is 4. The Morgan fingerprint density at radius 2 is 1.84 bits per heavy atom. The minimum absolute atomic E-state index is 0.0241. The number of hydrogen-bond donors (Lipinski definition) is 2. The Morgan fingerprint density at radius 3 is 2.51 bits per heavy atom. The van der Waals surface area contributed by atoms with Crippen molar-refractivity contribution in [1.29, 1.82) is 0 Å². The fraction of sp³-hybridized carbons (Fsp3) is 0.367. The second-order valence-corrected chi connectivity index (χ2v) is 12.4. The number of benzene rings is 2. The van der Waals surface area contributed by atoms with Gasteiger partial charge in [0.1, 0.15) is 17.1 Å². The molecule has 43 heavy (non-hydrogen) atoms. The lowest BCUT2D eigenvalue weighted by atomic mass is 10.2. The lowest BCUT2D eigenvalue weighted by molar-refractivity contribution is 0.102. The van der Waals surface area contributed by atoms with E-state index in [0.717, 1.165) is 49.8 Å². The molecule has 5 rings (SSSR count). The highest BCUT2D eigenvalue weighted by Gasteiger charge is 2.24. The highest BCUT2D eigenvalue weighted by Crippen LogP contribution is 2.46. The summed E-state index contributed by atoms with van der Waals surface area (Å²) in [7, 11) is 1.45. The molecule has 9 nitrogen and oxygen atoms in total. The average molecular weight is 664 g/mol. The van der Waals surface area contributed by atoms with Gasteiger partial charge in [-0.3, -0.25) is 4.79 Å². The lowest BCUT2D eigenvalue weighted by Gasteiger charge is -2.35. The van der Waals surface area contributed by atoms with Crippen molar-refractivity contribution < 1.29 is 14.3 Å². The van der Waals surface area contributed by atoms with E-state index in [1.54, 1.807) is 12.3 Å². The number of aromatic nitrogens is 2. The molecule has 0 atom stereocenters. The molecule has 1 aliphatic heterocycles. The molecule has 1 saturated heterocycles. The Kier molecular flexibility index (Phi) is 9.73. The van der Waals surface area contributed by atoms with Crippen molar-refractivity contribution in [1.82, 2.24) is 14.9 Å². The third kappa shape index (κ3) is 6.44.